The Morgan fingerprint density at radius 2 is 2.15 bits per heavy atom. The Balaban J connectivity index is 1.56. The molecule has 114 valence electrons. The molecule has 1 aliphatic carbocycles. The van der Waals surface area contributed by atoms with Crippen LogP contribution in [0.25, 0.3) is 0 Å². The van der Waals surface area contributed by atoms with Crippen molar-refractivity contribution in [1.82, 2.24) is 10.2 Å². The zero-order valence-corrected chi connectivity index (χ0v) is 13.9. The van der Waals surface area contributed by atoms with Crippen molar-refractivity contribution in [2.45, 2.75) is 64.0 Å². The molecule has 0 saturated heterocycles. The molecule has 2 rings (SSSR count). The molecule has 1 heterocycles. The maximum Gasteiger partial charge on any atom is 0.0112 e. The van der Waals surface area contributed by atoms with Crippen LogP contribution < -0.4 is 5.32 Å². The van der Waals surface area contributed by atoms with E-state index in [1.807, 2.05) is 11.3 Å². The highest BCUT2D eigenvalue weighted by atomic mass is 32.1. The van der Waals surface area contributed by atoms with Gasteiger partial charge >= 0.3 is 0 Å². The van der Waals surface area contributed by atoms with Crippen LogP contribution in [0.2, 0.25) is 0 Å². The lowest BCUT2D eigenvalue weighted by Crippen LogP contribution is -2.36. The minimum absolute atomic E-state index is 0.642. The highest BCUT2D eigenvalue weighted by Gasteiger charge is 2.13. The van der Waals surface area contributed by atoms with Gasteiger partial charge < -0.3 is 10.2 Å². The Morgan fingerprint density at radius 1 is 1.35 bits per heavy atom. The lowest BCUT2D eigenvalue weighted by Gasteiger charge is -2.26. The summed E-state index contributed by atoms with van der Waals surface area (Å²) in [5.74, 6) is 0. The molecule has 1 aliphatic rings. The van der Waals surface area contributed by atoms with E-state index in [2.05, 4.69) is 41.7 Å². The summed E-state index contributed by atoms with van der Waals surface area (Å²) in [5.41, 5.74) is 0. The highest BCUT2D eigenvalue weighted by Crippen LogP contribution is 2.17. The maximum absolute atomic E-state index is 3.74. The van der Waals surface area contributed by atoms with Crippen LogP contribution in [-0.2, 0) is 6.42 Å². The maximum atomic E-state index is 3.74. The first-order valence-corrected chi connectivity index (χ1v) is 9.09. The van der Waals surface area contributed by atoms with Crippen LogP contribution in [-0.4, -0.2) is 37.1 Å². The molecule has 3 heteroatoms. The normalized spacial score (nSPS) is 18.6. The molecule has 0 bridgehead atoms. The van der Waals surface area contributed by atoms with Gasteiger partial charge in [0.25, 0.3) is 0 Å². The van der Waals surface area contributed by atoms with Crippen molar-refractivity contribution in [3.8, 4) is 0 Å². The van der Waals surface area contributed by atoms with Gasteiger partial charge in [0.2, 0.25) is 0 Å². The predicted molar refractivity (Wildman–Crippen MR) is 89.6 cm³/mol. The Kier molecular flexibility index (Phi) is 7.05. The van der Waals surface area contributed by atoms with E-state index in [0.29, 0.717) is 6.04 Å². The minimum Gasteiger partial charge on any atom is -0.314 e. The molecule has 1 unspecified atom stereocenters. The molecule has 0 aromatic carbocycles. The summed E-state index contributed by atoms with van der Waals surface area (Å²) in [5, 5.41) is 5.91. The van der Waals surface area contributed by atoms with Crippen molar-refractivity contribution >= 4 is 11.3 Å². The van der Waals surface area contributed by atoms with Gasteiger partial charge in [-0.15, -0.1) is 11.3 Å². The second-order valence-electron chi connectivity index (χ2n) is 6.26. The van der Waals surface area contributed by atoms with E-state index in [1.54, 1.807) is 0 Å². The molecule has 20 heavy (non-hydrogen) atoms. The molecule has 1 atom stereocenters. The van der Waals surface area contributed by atoms with Crippen molar-refractivity contribution in [1.29, 1.82) is 0 Å². The van der Waals surface area contributed by atoms with Gasteiger partial charge in [-0.3, -0.25) is 0 Å². The first-order valence-electron chi connectivity index (χ1n) is 8.21. The first kappa shape index (κ1) is 16.0. The third-order valence-corrected chi connectivity index (χ3v) is 5.45. The molecule has 0 amide bonds. The van der Waals surface area contributed by atoms with Crippen LogP contribution in [0.15, 0.2) is 17.5 Å². The largest absolute Gasteiger partial charge is 0.314 e. The fourth-order valence-corrected chi connectivity index (χ4v) is 3.86. The molecule has 1 fully saturated rings. The van der Waals surface area contributed by atoms with Gasteiger partial charge in [-0.2, -0.15) is 0 Å². The van der Waals surface area contributed by atoms with Crippen molar-refractivity contribution in [2.24, 2.45) is 0 Å². The van der Waals surface area contributed by atoms with Crippen LogP contribution in [0.4, 0.5) is 0 Å². The summed E-state index contributed by atoms with van der Waals surface area (Å²) in [4.78, 5) is 4.01. The average molecular weight is 295 g/mol. The third-order valence-electron chi connectivity index (χ3n) is 4.55. The van der Waals surface area contributed by atoms with Crippen LogP contribution in [0.1, 0.15) is 50.3 Å². The molecule has 1 aromatic heterocycles. The van der Waals surface area contributed by atoms with Crippen molar-refractivity contribution in [3.63, 3.8) is 0 Å². The zero-order valence-electron chi connectivity index (χ0n) is 13.1. The second-order valence-corrected chi connectivity index (χ2v) is 7.29. The predicted octanol–water partition coefficient (Wildman–Crippen LogP) is 3.92. The standard InChI is InChI=1S/C17H30N2S/c1-15(14-17-10-6-13-20-17)19(2)12-7-11-18-16-8-4-3-5-9-16/h6,10,13,15-16,18H,3-5,7-9,11-12,14H2,1-2H3. The molecule has 1 saturated carbocycles. The highest BCUT2D eigenvalue weighted by molar-refractivity contribution is 7.09. The Labute approximate surface area is 128 Å². The number of rotatable bonds is 8. The quantitative estimate of drug-likeness (QED) is 0.731. The fourth-order valence-electron chi connectivity index (χ4n) is 3.04. The van der Waals surface area contributed by atoms with Crippen LogP contribution in [0, 0.1) is 0 Å². The zero-order chi connectivity index (χ0) is 14.2. The summed E-state index contributed by atoms with van der Waals surface area (Å²) in [7, 11) is 2.26. The Bertz CT molecular complexity index is 344. The summed E-state index contributed by atoms with van der Waals surface area (Å²) >= 11 is 1.88. The van der Waals surface area contributed by atoms with Gasteiger partial charge in [-0.1, -0.05) is 25.3 Å². The lowest BCUT2D eigenvalue weighted by molar-refractivity contribution is 0.249. The van der Waals surface area contributed by atoms with E-state index in [9.17, 15) is 0 Å². The van der Waals surface area contributed by atoms with Crippen LogP contribution in [0.3, 0.4) is 0 Å². The number of nitrogens with zero attached hydrogens (tertiary/aromatic N) is 1. The first-order chi connectivity index (χ1) is 9.75. The molecule has 2 nitrogen and oxygen atoms in total. The fraction of sp³-hybridized carbons (Fsp3) is 0.765. The number of hydrogen-bond donors (Lipinski definition) is 1. The lowest BCUT2D eigenvalue weighted by atomic mass is 9.95. The number of thiophene rings is 1. The SMILES string of the molecule is CC(Cc1cccs1)N(C)CCCNC1CCCCC1. The molecule has 1 aromatic rings. The molecule has 0 spiro atoms. The van der Waals surface area contributed by atoms with Gasteiger partial charge in [0.1, 0.15) is 0 Å². The topological polar surface area (TPSA) is 15.3 Å². The van der Waals surface area contributed by atoms with Crippen LogP contribution in [0.5, 0.6) is 0 Å². The van der Waals surface area contributed by atoms with E-state index in [1.165, 1.54) is 62.9 Å². The van der Waals surface area contributed by atoms with Crippen molar-refractivity contribution < 1.29 is 0 Å². The second kappa shape index (κ2) is 8.81. The summed E-state index contributed by atoms with van der Waals surface area (Å²) < 4.78 is 0. The van der Waals surface area contributed by atoms with Gasteiger partial charge in [-0.25, -0.2) is 0 Å². The van der Waals surface area contributed by atoms with E-state index in [0.717, 1.165) is 6.04 Å². The Hall–Kier alpha value is -0.380. The van der Waals surface area contributed by atoms with Gasteiger partial charge in [0.15, 0.2) is 0 Å². The average Bonchev–Trinajstić information content (AvgIpc) is 2.97. The van der Waals surface area contributed by atoms with Crippen molar-refractivity contribution in [2.75, 3.05) is 20.1 Å². The van der Waals surface area contributed by atoms with E-state index >= 15 is 0 Å². The number of likely N-dealkylation sites (N-methyl/N-ethyl adjacent to an activating group) is 1. The number of nitrogens with one attached hydrogen (secondary N) is 1. The van der Waals surface area contributed by atoms with E-state index in [-0.39, 0.29) is 0 Å². The third kappa shape index (κ3) is 5.55. The van der Waals surface area contributed by atoms with Gasteiger partial charge in [0.05, 0.1) is 0 Å². The molecular formula is C17H30N2S. The van der Waals surface area contributed by atoms with Gasteiger partial charge in [0, 0.05) is 17.0 Å². The molecular weight excluding hydrogens is 264 g/mol. The summed E-state index contributed by atoms with van der Waals surface area (Å²) in [6.45, 7) is 4.72. The summed E-state index contributed by atoms with van der Waals surface area (Å²) in [6, 6.07) is 5.85. The number of hydrogen-bond acceptors (Lipinski definition) is 3. The van der Waals surface area contributed by atoms with Crippen molar-refractivity contribution in [3.05, 3.63) is 22.4 Å². The monoisotopic (exact) mass is 294 g/mol. The molecule has 0 aliphatic heterocycles. The van der Waals surface area contributed by atoms with E-state index in [4.69, 9.17) is 0 Å². The van der Waals surface area contributed by atoms with E-state index < -0.39 is 0 Å². The molecule has 0 radical (unpaired) electrons. The molecule has 1 N–H and O–H groups in total. The minimum atomic E-state index is 0.642. The van der Waals surface area contributed by atoms with Crippen LogP contribution >= 0.6 is 11.3 Å². The Morgan fingerprint density at radius 3 is 2.85 bits per heavy atom. The smallest absolute Gasteiger partial charge is 0.0112 e. The van der Waals surface area contributed by atoms with Gasteiger partial charge in [-0.05, 0) is 64.2 Å². The summed E-state index contributed by atoms with van der Waals surface area (Å²) in [6.07, 6.45) is 9.53.